The maximum atomic E-state index is 9.79. The van der Waals surface area contributed by atoms with Crippen LogP contribution >= 0.6 is 0 Å². The van der Waals surface area contributed by atoms with Crippen molar-refractivity contribution >= 4 is 31.5 Å². The van der Waals surface area contributed by atoms with Gasteiger partial charge in [-0.05, 0) is 29.9 Å². The van der Waals surface area contributed by atoms with E-state index in [1.807, 2.05) is 18.2 Å². The van der Waals surface area contributed by atoms with Gasteiger partial charge in [-0.25, -0.2) is 0 Å². The van der Waals surface area contributed by atoms with Crippen molar-refractivity contribution in [3.05, 3.63) is 36.4 Å². The third kappa shape index (κ3) is 1.75. The Labute approximate surface area is 106 Å². The summed E-state index contributed by atoms with van der Waals surface area (Å²) in [7, 11) is 6.92. The third-order valence-corrected chi connectivity index (χ3v) is 2.76. The van der Waals surface area contributed by atoms with Gasteiger partial charge in [-0.2, -0.15) is 0 Å². The topological polar surface area (TPSA) is 61.8 Å². The summed E-state index contributed by atoms with van der Waals surface area (Å²) in [5, 5.41) is 18.9. The standard InChI is InChI=1S/C12H8B2N3O/c13-14-11-6-7-5-9(16-17-12(7)15-11)8-3-1-2-4-10(8)18/h1-6,18H,(H,15,17). The van der Waals surface area contributed by atoms with Gasteiger partial charge in [0, 0.05) is 18.7 Å². The Balaban J connectivity index is 2.16. The maximum Gasteiger partial charge on any atom is 0.159 e. The van der Waals surface area contributed by atoms with Crippen LogP contribution in [0.2, 0.25) is 0 Å². The Hall–Kier alpha value is -2.23. The number of H-pyrrole nitrogens is 1. The molecule has 3 rings (SSSR count). The van der Waals surface area contributed by atoms with Crippen molar-refractivity contribution in [1.29, 1.82) is 0 Å². The number of phenols is 1. The third-order valence-electron chi connectivity index (χ3n) is 2.76. The number of hydrogen-bond donors (Lipinski definition) is 2. The molecule has 3 aromatic rings. The molecular weight excluding hydrogens is 224 g/mol. The zero-order chi connectivity index (χ0) is 12.5. The fourth-order valence-corrected chi connectivity index (χ4v) is 1.87. The van der Waals surface area contributed by atoms with Crippen molar-refractivity contribution in [3.8, 4) is 17.0 Å². The summed E-state index contributed by atoms with van der Waals surface area (Å²) in [4.78, 5) is 3.02. The summed E-state index contributed by atoms with van der Waals surface area (Å²) in [6.45, 7) is 0. The van der Waals surface area contributed by atoms with E-state index >= 15 is 0 Å². The number of fused-ring (bicyclic) bond motifs is 1. The van der Waals surface area contributed by atoms with Crippen LogP contribution in [0.3, 0.4) is 0 Å². The molecule has 2 heterocycles. The van der Waals surface area contributed by atoms with Crippen molar-refractivity contribution in [1.82, 2.24) is 15.2 Å². The number of phenolic OH excluding ortho intramolecular Hbond substituents is 1. The fourth-order valence-electron chi connectivity index (χ4n) is 1.87. The number of nitrogens with one attached hydrogen (secondary N) is 1. The molecule has 0 saturated carbocycles. The van der Waals surface area contributed by atoms with Gasteiger partial charge in [0.1, 0.15) is 12.9 Å². The van der Waals surface area contributed by atoms with Gasteiger partial charge in [-0.15, -0.1) is 10.2 Å². The highest BCUT2D eigenvalue weighted by atomic mass is 16.3. The molecule has 83 valence electrons. The highest BCUT2D eigenvalue weighted by Gasteiger charge is 2.08. The van der Waals surface area contributed by atoms with E-state index in [2.05, 4.69) is 15.2 Å². The zero-order valence-electron chi connectivity index (χ0n) is 9.46. The molecule has 18 heavy (non-hydrogen) atoms. The van der Waals surface area contributed by atoms with Gasteiger partial charge in [0.25, 0.3) is 0 Å². The fraction of sp³-hybridized carbons (Fsp3) is 0. The van der Waals surface area contributed by atoms with Crippen LogP contribution in [0.5, 0.6) is 5.75 Å². The van der Waals surface area contributed by atoms with Crippen molar-refractivity contribution < 1.29 is 5.11 Å². The van der Waals surface area contributed by atoms with E-state index in [0.717, 1.165) is 11.0 Å². The molecule has 0 bridgehead atoms. The summed E-state index contributed by atoms with van der Waals surface area (Å²) in [5.41, 5.74) is 2.74. The van der Waals surface area contributed by atoms with Crippen LogP contribution in [-0.2, 0) is 0 Å². The number of aromatic amines is 1. The average molecular weight is 232 g/mol. The zero-order valence-corrected chi connectivity index (χ0v) is 9.46. The van der Waals surface area contributed by atoms with E-state index in [1.165, 1.54) is 7.17 Å². The SMILES string of the molecule is [B][B]c1cc2cc(-c3ccccc3O)nnc2[nH]1. The summed E-state index contributed by atoms with van der Waals surface area (Å²) in [6.07, 6.45) is 0. The second-order valence-electron chi connectivity index (χ2n) is 3.94. The molecule has 0 aliphatic rings. The molecule has 6 heteroatoms. The Morgan fingerprint density at radius 3 is 2.78 bits per heavy atom. The van der Waals surface area contributed by atoms with E-state index in [-0.39, 0.29) is 5.75 Å². The van der Waals surface area contributed by atoms with Crippen molar-refractivity contribution in [2.24, 2.45) is 0 Å². The van der Waals surface area contributed by atoms with Crippen LogP contribution in [0, 0.1) is 0 Å². The molecule has 0 fully saturated rings. The van der Waals surface area contributed by atoms with Gasteiger partial charge in [-0.1, -0.05) is 12.1 Å². The van der Waals surface area contributed by atoms with Crippen LogP contribution in [0.4, 0.5) is 0 Å². The number of nitrogens with zero attached hydrogens (tertiary/aromatic N) is 2. The van der Waals surface area contributed by atoms with Crippen LogP contribution in [-0.4, -0.2) is 35.2 Å². The first-order valence-corrected chi connectivity index (χ1v) is 5.47. The number of benzene rings is 1. The largest absolute Gasteiger partial charge is 0.507 e. The van der Waals surface area contributed by atoms with E-state index < -0.39 is 0 Å². The van der Waals surface area contributed by atoms with Crippen LogP contribution in [0.15, 0.2) is 36.4 Å². The lowest BCUT2D eigenvalue weighted by molar-refractivity contribution is 0.477. The number of aromatic nitrogens is 3. The lowest BCUT2D eigenvalue weighted by Gasteiger charge is -2.02. The first kappa shape index (κ1) is 10.9. The summed E-state index contributed by atoms with van der Waals surface area (Å²) in [6, 6.07) is 10.8. The second kappa shape index (κ2) is 4.22. The molecule has 0 aliphatic heterocycles. The predicted molar refractivity (Wildman–Crippen MR) is 72.1 cm³/mol. The number of rotatable bonds is 2. The van der Waals surface area contributed by atoms with Crippen molar-refractivity contribution in [3.63, 3.8) is 0 Å². The molecular formula is C12H8B2N3O. The van der Waals surface area contributed by atoms with E-state index in [1.54, 1.807) is 18.2 Å². The minimum atomic E-state index is 0.187. The second-order valence-corrected chi connectivity index (χ2v) is 3.94. The van der Waals surface area contributed by atoms with Crippen LogP contribution < -0.4 is 5.59 Å². The smallest absolute Gasteiger partial charge is 0.159 e. The first-order valence-electron chi connectivity index (χ1n) is 5.47. The van der Waals surface area contributed by atoms with Crippen molar-refractivity contribution in [2.75, 3.05) is 0 Å². The van der Waals surface area contributed by atoms with E-state index in [4.69, 9.17) is 7.74 Å². The molecule has 0 aliphatic carbocycles. The highest BCUT2D eigenvalue weighted by molar-refractivity contribution is 6.97. The summed E-state index contributed by atoms with van der Waals surface area (Å²) < 4.78 is 0. The molecule has 0 saturated heterocycles. The van der Waals surface area contributed by atoms with Crippen LogP contribution in [0.1, 0.15) is 0 Å². The highest BCUT2D eigenvalue weighted by Crippen LogP contribution is 2.27. The summed E-state index contributed by atoms with van der Waals surface area (Å²) >= 11 is 0. The number of para-hydroxylation sites is 1. The molecule has 0 amide bonds. The number of aromatic hydroxyl groups is 1. The predicted octanol–water partition coefficient (Wildman–Crippen LogP) is 0.743. The molecule has 2 aromatic heterocycles. The molecule has 2 N–H and O–H groups in total. The molecule has 0 atom stereocenters. The Morgan fingerprint density at radius 1 is 1.17 bits per heavy atom. The molecule has 0 spiro atoms. The molecule has 0 unspecified atom stereocenters. The minimum Gasteiger partial charge on any atom is -0.507 e. The lowest BCUT2D eigenvalue weighted by Crippen LogP contribution is -2.14. The monoisotopic (exact) mass is 232 g/mol. The normalized spacial score (nSPS) is 10.7. The molecule has 4 nitrogen and oxygen atoms in total. The van der Waals surface area contributed by atoms with E-state index in [0.29, 0.717) is 16.9 Å². The Bertz CT molecular complexity index is 711. The molecule has 3 radical (unpaired) electrons. The van der Waals surface area contributed by atoms with Gasteiger partial charge in [0.15, 0.2) is 5.65 Å². The van der Waals surface area contributed by atoms with Gasteiger partial charge >= 0.3 is 0 Å². The van der Waals surface area contributed by atoms with Gasteiger partial charge in [0.2, 0.25) is 0 Å². The van der Waals surface area contributed by atoms with Gasteiger partial charge in [-0.3, -0.25) is 0 Å². The van der Waals surface area contributed by atoms with E-state index in [9.17, 15) is 5.11 Å². The molecule has 1 aromatic carbocycles. The lowest BCUT2D eigenvalue weighted by atomic mass is 9.53. The Morgan fingerprint density at radius 2 is 2.00 bits per heavy atom. The van der Waals surface area contributed by atoms with Crippen molar-refractivity contribution in [2.45, 2.75) is 0 Å². The minimum absolute atomic E-state index is 0.187. The number of hydrogen-bond acceptors (Lipinski definition) is 3. The summed E-state index contributed by atoms with van der Waals surface area (Å²) in [5.74, 6) is 0.187. The maximum absolute atomic E-state index is 9.79. The first-order chi connectivity index (χ1) is 8.78. The van der Waals surface area contributed by atoms with Gasteiger partial charge < -0.3 is 10.1 Å². The van der Waals surface area contributed by atoms with Crippen LogP contribution in [0.25, 0.3) is 22.3 Å². The Kier molecular flexibility index (Phi) is 2.55. The average Bonchev–Trinajstić information content (AvgIpc) is 2.81. The van der Waals surface area contributed by atoms with Gasteiger partial charge in [0.05, 0.1) is 5.69 Å². The quantitative estimate of drug-likeness (QED) is 0.640.